The zero-order valence-electron chi connectivity index (χ0n) is 9.97. The van der Waals surface area contributed by atoms with Crippen LogP contribution in [0.4, 0.5) is 5.69 Å². The number of imidazole rings is 1. The number of nitrogen functional groups attached to an aromatic ring is 1. The Balaban J connectivity index is 1.96. The molecule has 0 aliphatic heterocycles. The summed E-state index contributed by atoms with van der Waals surface area (Å²) in [6, 6.07) is 14.0. The van der Waals surface area contributed by atoms with Crippen molar-refractivity contribution in [3.05, 3.63) is 48.0 Å². The van der Waals surface area contributed by atoms with Crippen LogP contribution in [0, 0.1) is 6.92 Å². The maximum absolute atomic E-state index is 5.75. The smallest absolute Gasteiger partial charge is 0.171 e. The number of aromatic nitrogens is 2. The molecule has 0 amide bonds. The van der Waals surface area contributed by atoms with Gasteiger partial charge in [-0.1, -0.05) is 23.9 Å². The Bertz CT molecular complexity index is 670. The van der Waals surface area contributed by atoms with Crippen molar-refractivity contribution < 1.29 is 0 Å². The zero-order valence-corrected chi connectivity index (χ0v) is 10.8. The molecule has 3 nitrogen and oxygen atoms in total. The fourth-order valence-electron chi connectivity index (χ4n) is 1.87. The average Bonchev–Trinajstić information content (AvgIpc) is 2.75. The second-order valence-electron chi connectivity index (χ2n) is 4.19. The minimum absolute atomic E-state index is 0.793. The summed E-state index contributed by atoms with van der Waals surface area (Å²) < 4.78 is 0. The van der Waals surface area contributed by atoms with E-state index in [1.807, 2.05) is 42.5 Å². The summed E-state index contributed by atoms with van der Waals surface area (Å²) in [5.41, 5.74) is 9.77. The molecule has 3 N–H and O–H groups in total. The van der Waals surface area contributed by atoms with Crippen molar-refractivity contribution in [2.24, 2.45) is 0 Å². The van der Waals surface area contributed by atoms with Gasteiger partial charge >= 0.3 is 0 Å². The molecular weight excluding hydrogens is 242 g/mol. The molecule has 1 heterocycles. The molecule has 0 radical (unpaired) electrons. The van der Waals surface area contributed by atoms with Crippen LogP contribution in [0.25, 0.3) is 11.0 Å². The van der Waals surface area contributed by atoms with Crippen LogP contribution in [0.5, 0.6) is 0 Å². The highest BCUT2D eigenvalue weighted by Gasteiger charge is 2.06. The van der Waals surface area contributed by atoms with Crippen molar-refractivity contribution in [3.63, 3.8) is 0 Å². The third-order valence-corrected chi connectivity index (χ3v) is 3.84. The summed E-state index contributed by atoms with van der Waals surface area (Å²) in [5, 5.41) is 0.907. The van der Waals surface area contributed by atoms with Gasteiger partial charge in [0.2, 0.25) is 0 Å². The Morgan fingerprint density at radius 3 is 2.78 bits per heavy atom. The van der Waals surface area contributed by atoms with Gasteiger partial charge < -0.3 is 10.7 Å². The quantitative estimate of drug-likeness (QED) is 0.688. The van der Waals surface area contributed by atoms with Crippen LogP contribution in [-0.4, -0.2) is 9.97 Å². The molecular formula is C14H13N3S. The van der Waals surface area contributed by atoms with Crippen LogP contribution in [0.15, 0.2) is 52.5 Å². The van der Waals surface area contributed by atoms with E-state index in [2.05, 4.69) is 16.9 Å². The van der Waals surface area contributed by atoms with Gasteiger partial charge in [-0.05, 0) is 42.8 Å². The number of para-hydroxylation sites is 2. The van der Waals surface area contributed by atoms with E-state index in [9.17, 15) is 0 Å². The molecule has 0 saturated heterocycles. The van der Waals surface area contributed by atoms with Crippen molar-refractivity contribution in [1.29, 1.82) is 0 Å². The third-order valence-electron chi connectivity index (χ3n) is 2.77. The lowest BCUT2D eigenvalue weighted by atomic mass is 10.2. The SMILES string of the molecule is Cc1cc(N)ccc1Sc1nc2ccccc2[nH]1. The Hall–Kier alpha value is -1.94. The highest BCUT2D eigenvalue weighted by atomic mass is 32.2. The zero-order chi connectivity index (χ0) is 12.5. The van der Waals surface area contributed by atoms with Crippen LogP contribution >= 0.6 is 11.8 Å². The molecule has 2 aromatic carbocycles. The second kappa shape index (κ2) is 4.38. The third kappa shape index (κ3) is 2.07. The fourth-order valence-corrected chi connectivity index (χ4v) is 2.74. The Morgan fingerprint density at radius 2 is 2.00 bits per heavy atom. The molecule has 90 valence electrons. The van der Waals surface area contributed by atoms with Gasteiger partial charge in [-0.3, -0.25) is 0 Å². The predicted octanol–water partition coefficient (Wildman–Crippen LogP) is 3.60. The van der Waals surface area contributed by atoms with Gasteiger partial charge in [0.25, 0.3) is 0 Å². The number of fused-ring (bicyclic) bond motifs is 1. The number of nitrogens with one attached hydrogen (secondary N) is 1. The average molecular weight is 255 g/mol. The summed E-state index contributed by atoms with van der Waals surface area (Å²) in [7, 11) is 0. The van der Waals surface area contributed by atoms with Crippen molar-refractivity contribution in [1.82, 2.24) is 9.97 Å². The first-order valence-electron chi connectivity index (χ1n) is 5.71. The van der Waals surface area contributed by atoms with Gasteiger partial charge in [0, 0.05) is 10.6 Å². The van der Waals surface area contributed by atoms with Crippen LogP contribution in [0.1, 0.15) is 5.56 Å². The number of nitrogens with zero attached hydrogens (tertiary/aromatic N) is 1. The summed E-state index contributed by atoms with van der Waals surface area (Å²) in [6.45, 7) is 2.06. The molecule has 0 fully saturated rings. The lowest BCUT2D eigenvalue weighted by Crippen LogP contribution is -1.87. The van der Waals surface area contributed by atoms with Gasteiger partial charge in [0.1, 0.15) is 0 Å². The van der Waals surface area contributed by atoms with Crippen LogP contribution in [0.3, 0.4) is 0 Å². The van der Waals surface area contributed by atoms with E-state index in [4.69, 9.17) is 5.73 Å². The van der Waals surface area contributed by atoms with E-state index in [1.165, 1.54) is 10.5 Å². The first-order valence-corrected chi connectivity index (χ1v) is 6.53. The number of hydrogen-bond donors (Lipinski definition) is 2. The lowest BCUT2D eigenvalue weighted by Gasteiger charge is -2.03. The number of H-pyrrole nitrogens is 1. The van der Waals surface area contributed by atoms with E-state index < -0.39 is 0 Å². The predicted molar refractivity (Wildman–Crippen MR) is 75.8 cm³/mol. The van der Waals surface area contributed by atoms with Gasteiger partial charge in [-0.25, -0.2) is 4.98 Å². The number of aryl methyl sites for hydroxylation is 1. The highest BCUT2D eigenvalue weighted by Crippen LogP contribution is 2.30. The minimum Gasteiger partial charge on any atom is -0.399 e. The summed E-state index contributed by atoms with van der Waals surface area (Å²) in [5.74, 6) is 0. The van der Waals surface area contributed by atoms with Crippen LogP contribution in [0.2, 0.25) is 0 Å². The number of aromatic amines is 1. The maximum Gasteiger partial charge on any atom is 0.171 e. The molecule has 0 spiro atoms. The molecule has 0 bridgehead atoms. The molecule has 18 heavy (non-hydrogen) atoms. The molecule has 0 aliphatic rings. The van der Waals surface area contributed by atoms with E-state index in [0.29, 0.717) is 0 Å². The second-order valence-corrected chi connectivity index (χ2v) is 5.22. The lowest BCUT2D eigenvalue weighted by molar-refractivity contribution is 1.08. The first kappa shape index (κ1) is 11.2. The maximum atomic E-state index is 5.75. The number of benzene rings is 2. The van der Waals surface area contributed by atoms with Gasteiger partial charge in [-0.15, -0.1) is 0 Å². The normalized spacial score (nSPS) is 10.9. The number of rotatable bonds is 2. The van der Waals surface area contributed by atoms with Crippen molar-refractivity contribution >= 4 is 28.5 Å². The van der Waals surface area contributed by atoms with Gasteiger partial charge in [-0.2, -0.15) is 0 Å². The van der Waals surface area contributed by atoms with E-state index in [0.717, 1.165) is 21.9 Å². The van der Waals surface area contributed by atoms with Crippen molar-refractivity contribution in [2.75, 3.05) is 5.73 Å². The van der Waals surface area contributed by atoms with Crippen LogP contribution < -0.4 is 5.73 Å². The van der Waals surface area contributed by atoms with Crippen molar-refractivity contribution in [2.45, 2.75) is 17.0 Å². The molecule has 3 aromatic rings. The fraction of sp³-hybridized carbons (Fsp3) is 0.0714. The summed E-state index contributed by atoms with van der Waals surface area (Å²) in [4.78, 5) is 9.02. The first-order chi connectivity index (χ1) is 8.72. The highest BCUT2D eigenvalue weighted by molar-refractivity contribution is 7.99. The molecule has 4 heteroatoms. The molecule has 0 atom stereocenters. The van der Waals surface area contributed by atoms with E-state index in [1.54, 1.807) is 11.8 Å². The van der Waals surface area contributed by atoms with Gasteiger partial charge in [0.15, 0.2) is 5.16 Å². The Kier molecular flexibility index (Phi) is 2.72. The topological polar surface area (TPSA) is 54.7 Å². The largest absolute Gasteiger partial charge is 0.399 e. The Labute approximate surface area is 109 Å². The minimum atomic E-state index is 0.793. The van der Waals surface area contributed by atoms with Gasteiger partial charge in [0.05, 0.1) is 11.0 Å². The molecule has 0 unspecified atom stereocenters. The number of hydrogen-bond acceptors (Lipinski definition) is 3. The van der Waals surface area contributed by atoms with Crippen molar-refractivity contribution in [3.8, 4) is 0 Å². The van der Waals surface area contributed by atoms with E-state index >= 15 is 0 Å². The molecule has 0 aliphatic carbocycles. The number of nitrogens with two attached hydrogens (primary N) is 1. The Morgan fingerprint density at radius 1 is 1.17 bits per heavy atom. The molecule has 3 rings (SSSR count). The standard InChI is InChI=1S/C14H13N3S/c1-9-8-10(15)6-7-13(9)18-14-16-11-4-2-3-5-12(11)17-14/h2-8H,15H2,1H3,(H,16,17). The number of anilines is 1. The molecule has 1 aromatic heterocycles. The van der Waals surface area contributed by atoms with E-state index in [-0.39, 0.29) is 0 Å². The summed E-state index contributed by atoms with van der Waals surface area (Å²) in [6.07, 6.45) is 0. The summed E-state index contributed by atoms with van der Waals surface area (Å²) >= 11 is 1.63. The monoisotopic (exact) mass is 255 g/mol. The molecule has 0 saturated carbocycles. The van der Waals surface area contributed by atoms with Crippen LogP contribution in [-0.2, 0) is 0 Å².